The number of hydrogen-bond acceptors (Lipinski definition) is 3. The zero-order valence-electron chi connectivity index (χ0n) is 11.1. The largest absolute Gasteiger partial charge is 0.478 e. The number of aromatic nitrogens is 2. The van der Waals surface area contributed by atoms with Crippen molar-refractivity contribution < 1.29 is 9.90 Å². The van der Waals surface area contributed by atoms with E-state index in [4.69, 9.17) is 16.7 Å². The maximum atomic E-state index is 11.0. The van der Waals surface area contributed by atoms with Gasteiger partial charge in [-0.1, -0.05) is 29.4 Å². The van der Waals surface area contributed by atoms with Crippen molar-refractivity contribution in [2.45, 2.75) is 16.7 Å². The van der Waals surface area contributed by atoms with Crippen LogP contribution >= 0.6 is 23.4 Å². The number of nitrogens with zero attached hydrogens (tertiary/aromatic N) is 1. The average Bonchev–Trinajstić information content (AvgIpc) is 2.74. The SMILES string of the molecule is Cc1[nH]c2cc(Cl)ccc2c1Sc1cncc(C(=O)O)c1. The first-order chi connectivity index (χ1) is 10.0. The Kier molecular flexibility index (Phi) is 3.61. The average molecular weight is 319 g/mol. The van der Waals surface area contributed by atoms with Crippen molar-refractivity contribution in [1.29, 1.82) is 0 Å². The van der Waals surface area contributed by atoms with Crippen molar-refractivity contribution in [3.63, 3.8) is 0 Å². The molecule has 0 fully saturated rings. The first-order valence-corrected chi connectivity index (χ1v) is 7.38. The zero-order valence-corrected chi connectivity index (χ0v) is 12.6. The Morgan fingerprint density at radius 1 is 1.33 bits per heavy atom. The normalized spacial score (nSPS) is 11.0. The lowest BCUT2D eigenvalue weighted by atomic mass is 10.2. The molecule has 0 bridgehead atoms. The minimum Gasteiger partial charge on any atom is -0.478 e. The molecule has 2 aromatic heterocycles. The second-order valence-electron chi connectivity index (χ2n) is 4.59. The molecule has 2 heterocycles. The Morgan fingerprint density at radius 3 is 2.90 bits per heavy atom. The third kappa shape index (κ3) is 2.75. The van der Waals surface area contributed by atoms with Crippen molar-refractivity contribution in [3.8, 4) is 0 Å². The molecule has 0 radical (unpaired) electrons. The van der Waals surface area contributed by atoms with Gasteiger partial charge in [-0.2, -0.15) is 0 Å². The summed E-state index contributed by atoms with van der Waals surface area (Å²) in [6, 6.07) is 7.29. The molecule has 4 nitrogen and oxygen atoms in total. The Balaban J connectivity index is 2.04. The van der Waals surface area contributed by atoms with Crippen LogP contribution in [0.3, 0.4) is 0 Å². The van der Waals surface area contributed by atoms with Crippen LogP contribution in [0, 0.1) is 6.92 Å². The van der Waals surface area contributed by atoms with Gasteiger partial charge >= 0.3 is 5.97 Å². The summed E-state index contributed by atoms with van der Waals surface area (Å²) in [6.45, 7) is 1.98. The molecular weight excluding hydrogens is 308 g/mol. The molecule has 6 heteroatoms. The number of fused-ring (bicyclic) bond motifs is 1. The van der Waals surface area contributed by atoms with Crippen molar-refractivity contribution in [2.75, 3.05) is 0 Å². The van der Waals surface area contributed by atoms with E-state index in [1.165, 1.54) is 18.0 Å². The highest BCUT2D eigenvalue weighted by molar-refractivity contribution is 7.99. The van der Waals surface area contributed by atoms with Crippen LogP contribution in [0.15, 0.2) is 46.5 Å². The van der Waals surface area contributed by atoms with Crippen LogP contribution in [0.2, 0.25) is 5.02 Å². The molecule has 21 heavy (non-hydrogen) atoms. The lowest BCUT2D eigenvalue weighted by Gasteiger charge is -2.03. The summed E-state index contributed by atoms with van der Waals surface area (Å²) in [5.74, 6) is -0.979. The molecule has 0 amide bonds. The van der Waals surface area contributed by atoms with Crippen LogP contribution in [0.4, 0.5) is 0 Å². The Labute approximate surface area is 130 Å². The standard InChI is InChI=1S/C15H11ClN2O2S/c1-8-14(12-3-2-10(16)5-13(12)18-8)21-11-4-9(15(19)20)6-17-7-11/h2-7,18H,1H3,(H,19,20). The number of carbonyl (C=O) groups is 1. The molecule has 106 valence electrons. The molecule has 0 saturated carbocycles. The van der Waals surface area contributed by atoms with E-state index in [0.29, 0.717) is 5.02 Å². The van der Waals surface area contributed by atoms with Gasteiger partial charge in [0.05, 0.1) is 5.56 Å². The smallest absolute Gasteiger partial charge is 0.337 e. The second kappa shape index (κ2) is 5.42. The van der Waals surface area contributed by atoms with E-state index in [0.717, 1.165) is 26.4 Å². The molecule has 0 spiro atoms. The van der Waals surface area contributed by atoms with Crippen LogP contribution in [0.1, 0.15) is 16.1 Å². The maximum Gasteiger partial charge on any atom is 0.337 e. The van der Waals surface area contributed by atoms with Gasteiger partial charge in [-0.3, -0.25) is 4.98 Å². The van der Waals surface area contributed by atoms with Gasteiger partial charge in [0.1, 0.15) is 0 Å². The molecule has 0 aliphatic rings. The fourth-order valence-electron chi connectivity index (χ4n) is 2.12. The van der Waals surface area contributed by atoms with Crippen molar-refractivity contribution in [1.82, 2.24) is 9.97 Å². The van der Waals surface area contributed by atoms with Gasteiger partial charge in [-0.15, -0.1) is 0 Å². The number of aromatic carboxylic acids is 1. The minimum atomic E-state index is -0.979. The highest BCUT2D eigenvalue weighted by Crippen LogP contribution is 2.37. The van der Waals surface area contributed by atoms with E-state index in [9.17, 15) is 4.79 Å². The Hall–Kier alpha value is -1.98. The number of carboxylic acid groups (broad SMARTS) is 1. The van der Waals surface area contributed by atoms with Crippen LogP contribution in [-0.2, 0) is 0 Å². The third-order valence-corrected chi connectivity index (χ3v) is 4.49. The van der Waals surface area contributed by atoms with Crippen LogP contribution in [0.5, 0.6) is 0 Å². The topological polar surface area (TPSA) is 66.0 Å². The summed E-state index contributed by atoms with van der Waals surface area (Å²) in [6.07, 6.45) is 3.00. The number of halogens is 1. The number of hydrogen-bond donors (Lipinski definition) is 2. The van der Waals surface area contributed by atoms with Gasteiger partial charge in [0, 0.05) is 43.8 Å². The molecule has 0 saturated heterocycles. The molecule has 0 aliphatic carbocycles. The van der Waals surface area contributed by atoms with Gasteiger partial charge in [-0.25, -0.2) is 4.79 Å². The fourth-order valence-corrected chi connectivity index (χ4v) is 3.32. The molecule has 2 N–H and O–H groups in total. The number of aryl methyl sites for hydroxylation is 1. The van der Waals surface area contributed by atoms with E-state index in [2.05, 4.69) is 9.97 Å². The summed E-state index contributed by atoms with van der Waals surface area (Å²) in [5, 5.41) is 10.8. The minimum absolute atomic E-state index is 0.181. The fraction of sp³-hybridized carbons (Fsp3) is 0.0667. The number of aromatic amines is 1. The summed E-state index contributed by atoms with van der Waals surface area (Å²) in [7, 11) is 0. The Bertz CT molecular complexity index is 845. The highest BCUT2D eigenvalue weighted by Gasteiger charge is 2.12. The van der Waals surface area contributed by atoms with Crippen molar-refractivity contribution in [2.24, 2.45) is 0 Å². The van der Waals surface area contributed by atoms with E-state index in [1.54, 1.807) is 12.3 Å². The lowest BCUT2D eigenvalue weighted by molar-refractivity contribution is 0.0696. The number of pyridine rings is 1. The monoisotopic (exact) mass is 318 g/mol. The van der Waals surface area contributed by atoms with Gasteiger partial charge in [0.2, 0.25) is 0 Å². The summed E-state index contributed by atoms with van der Waals surface area (Å²) >= 11 is 7.48. The van der Waals surface area contributed by atoms with Crippen LogP contribution in [0.25, 0.3) is 10.9 Å². The molecule has 0 atom stereocenters. The molecule has 0 unspecified atom stereocenters. The molecule has 0 aliphatic heterocycles. The van der Waals surface area contributed by atoms with Crippen LogP contribution < -0.4 is 0 Å². The van der Waals surface area contributed by atoms with E-state index in [-0.39, 0.29) is 5.56 Å². The van der Waals surface area contributed by atoms with Gasteiger partial charge in [-0.05, 0) is 25.1 Å². The summed E-state index contributed by atoms with van der Waals surface area (Å²) < 4.78 is 0. The van der Waals surface area contributed by atoms with Gasteiger partial charge in [0.25, 0.3) is 0 Å². The van der Waals surface area contributed by atoms with Gasteiger partial charge in [0.15, 0.2) is 0 Å². The summed E-state index contributed by atoms with van der Waals surface area (Å²) in [4.78, 5) is 20.1. The zero-order chi connectivity index (χ0) is 15.0. The summed E-state index contributed by atoms with van der Waals surface area (Å²) in [5.41, 5.74) is 2.16. The van der Waals surface area contributed by atoms with Crippen molar-refractivity contribution >= 4 is 40.2 Å². The number of H-pyrrole nitrogens is 1. The number of nitrogens with one attached hydrogen (secondary N) is 1. The third-order valence-electron chi connectivity index (χ3n) is 3.07. The Morgan fingerprint density at radius 2 is 2.14 bits per heavy atom. The second-order valence-corrected chi connectivity index (χ2v) is 6.11. The number of rotatable bonds is 3. The quantitative estimate of drug-likeness (QED) is 0.752. The first-order valence-electron chi connectivity index (χ1n) is 6.18. The highest BCUT2D eigenvalue weighted by atomic mass is 35.5. The molecular formula is C15H11ClN2O2S. The molecule has 3 aromatic rings. The van der Waals surface area contributed by atoms with Crippen LogP contribution in [-0.4, -0.2) is 21.0 Å². The lowest BCUT2D eigenvalue weighted by Crippen LogP contribution is -1.96. The number of carboxylic acids is 1. The molecule has 3 rings (SSSR count). The predicted molar refractivity (Wildman–Crippen MR) is 83.4 cm³/mol. The maximum absolute atomic E-state index is 11.0. The van der Waals surface area contributed by atoms with Gasteiger partial charge < -0.3 is 10.1 Å². The van der Waals surface area contributed by atoms with E-state index < -0.39 is 5.97 Å². The van der Waals surface area contributed by atoms with E-state index in [1.807, 2.05) is 25.1 Å². The number of benzene rings is 1. The predicted octanol–water partition coefficient (Wildman–Crippen LogP) is 4.37. The molecule has 1 aromatic carbocycles. The first kappa shape index (κ1) is 14.0. The van der Waals surface area contributed by atoms with E-state index >= 15 is 0 Å². The van der Waals surface area contributed by atoms with Crippen molar-refractivity contribution in [3.05, 3.63) is 52.9 Å².